The maximum absolute atomic E-state index is 12.8. The van der Waals surface area contributed by atoms with Crippen molar-refractivity contribution in [1.82, 2.24) is 10.2 Å². The number of carbonyl (C=O) groups is 1. The average molecular weight is 284 g/mol. The molecule has 112 valence electrons. The fourth-order valence-corrected chi connectivity index (χ4v) is 4.40. The molecule has 0 aromatic heterocycles. The molecule has 0 spiro atoms. The van der Waals surface area contributed by atoms with Gasteiger partial charge in [-0.05, 0) is 42.7 Å². The van der Waals surface area contributed by atoms with Gasteiger partial charge >= 0.3 is 0 Å². The third kappa shape index (κ3) is 2.48. The molecular formula is C18H24N2O. The Labute approximate surface area is 126 Å². The van der Waals surface area contributed by atoms with E-state index in [0.29, 0.717) is 11.9 Å². The number of nitrogens with zero attached hydrogens (tertiary/aromatic N) is 1. The molecule has 1 aromatic carbocycles. The molecule has 0 bridgehead atoms. The molecule has 1 aliphatic carbocycles. The number of hydrogen-bond donors (Lipinski definition) is 1. The second kappa shape index (κ2) is 5.45. The lowest BCUT2D eigenvalue weighted by Crippen LogP contribution is -2.54. The maximum Gasteiger partial charge on any atom is 0.240 e. The summed E-state index contributed by atoms with van der Waals surface area (Å²) in [6.07, 6.45) is 7.57. The van der Waals surface area contributed by atoms with E-state index in [1.807, 2.05) is 4.90 Å². The third-order valence-electron chi connectivity index (χ3n) is 5.60. The van der Waals surface area contributed by atoms with Gasteiger partial charge in [0, 0.05) is 19.1 Å². The van der Waals surface area contributed by atoms with Gasteiger partial charge in [0.1, 0.15) is 0 Å². The number of piperidine rings is 1. The third-order valence-corrected chi connectivity index (χ3v) is 5.60. The quantitative estimate of drug-likeness (QED) is 0.860. The number of amides is 1. The molecule has 1 saturated carbocycles. The summed E-state index contributed by atoms with van der Waals surface area (Å²) in [6.45, 7) is 1.59. The molecular weight excluding hydrogens is 260 g/mol. The van der Waals surface area contributed by atoms with Crippen LogP contribution in [-0.4, -0.2) is 22.9 Å². The summed E-state index contributed by atoms with van der Waals surface area (Å²) in [4.78, 5) is 14.8. The monoisotopic (exact) mass is 284 g/mol. The van der Waals surface area contributed by atoms with Crippen molar-refractivity contribution >= 4 is 5.91 Å². The summed E-state index contributed by atoms with van der Waals surface area (Å²) in [5.74, 6) is 1.13. The Bertz CT molecular complexity index is 517. The Balaban J connectivity index is 1.42. The molecule has 1 amide bonds. The number of fused-ring (bicyclic) bond motifs is 2. The van der Waals surface area contributed by atoms with Crippen molar-refractivity contribution in [2.75, 3.05) is 0 Å². The Morgan fingerprint density at radius 3 is 2.48 bits per heavy atom. The summed E-state index contributed by atoms with van der Waals surface area (Å²) in [7, 11) is 0. The summed E-state index contributed by atoms with van der Waals surface area (Å²) >= 11 is 0. The van der Waals surface area contributed by atoms with Crippen LogP contribution < -0.4 is 5.32 Å². The first-order chi connectivity index (χ1) is 10.3. The lowest BCUT2D eigenvalue weighted by Gasteiger charge is -2.40. The average Bonchev–Trinajstić information content (AvgIpc) is 2.97. The van der Waals surface area contributed by atoms with Crippen LogP contribution in [0.25, 0.3) is 0 Å². The van der Waals surface area contributed by atoms with Crippen molar-refractivity contribution in [3.63, 3.8) is 0 Å². The van der Waals surface area contributed by atoms with Gasteiger partial charge in [0.05, 0.1) is 6.04 Å². The first kappa shape index (κ1) is 13.3. The van der Waals surface area contributed by atoms with Crippen LogP contribution in [0, 0.1) is 5.92 Å². The van der Waals surface area contributed by atoms with Crippen LogP contribution in [-0.2, 0) is 17.9 Å². The van der Waals surface area contributed by atoms with Gasteiger partial charge in [-0.1, -0.05) is 37.1 Å². The first-order valence-corrected chi connectivity index (χ1v) is 8.43. The number of rotatable bonds is 1. The molecule has 2 aliphatic heterocycles. The van der Waals surface area contributed by atoms with Gasteiger partial charge in [-0.25, -0.2) is 0 Å². The van der Waals surface area contributed by atoms with E-state index in [9.17, 15) is 4.79 Å². The minimum Gasteiger partial charge on any atom is -0.333 e. The maximum atomic E-state index is 12.8. The van der Waals surface area contributed by atoms with Gasteiger partial charge in [-0.3, -0.25) is 4.79 Å². The highest BCUT2D eigenvalue weighted by Gasteiger charge is 2.37. The van der Waals surface area contributed by atoms with Gasteiger partial charge in [0.15, 0.2) is 0 Å². The molecule has 1 N–H and O–H groups in total. The second-order valence-electron chi connectivity index (χ2n) is 6.91. The summed E-state index contributed by atoms with van der Waals surface area (Å²) in [6, 6.07) is 9.07. The largest absolute Gasteiger partial charge is 0.333 e. The standard InChI is InChI=1S/C18H24N2O/c21-18(20-11-14-6-1-2-7-15(14)12-20)17-10-9-13-5-3-4-8-16(13)19-17/h1-2,6-7,13,16-17,19H,3-5,8-12H2. The second-order valence-corrected chi connectivity index (χ2v) is 6.91. The Morgan fingerprint density at radius 1 is 1.00 bits per heavy atom. The number of carbonyl (C=O) groups excluding carboxylic acids is 1. The zero-order valence-corrected chi connectivity index (χ0v) is 12.6. The number of hydrogen-bond acceptors (Lipinski definition) is 2. The fourth-order valence-electron chi connectivity index (χ4n) is 4.40. The minimum atomic E-state index is 0.0543. The molecule has 2 heterocycles. The summed E-state index contributed by atoms with van der Waals surface area (Å²) < 4.78 is 0. The minimum absolute atomic E-state index is 0.0543. The smallest absolute Gasteiger partial charge is 0.240 e. The Morgan fingerprint density at radius 2 is 1.71 bits per heavy atom. The van der Waals surface area contributed by atoms with Crippen LogP contribution in [0.5, 0.6) is 0 Å². The topological polar surface area (TPSA) is 32.3 Å². The van der Waals surface area contributed by atoms with E-state index in [4.69, 9.17) is 0 Å². The van der Waals surface area contributed by atoms with E-state index < -0.39 is 0 Å². The van der Waals surface area contributed by atoms with Gasteiger partial charge in [-0.2, -0.15) is 0 Å². The SMILES string of the molecule is O=C(C1CCC2CCCCC2N1)N1Cc2ccccc2C1. The van der Waals surface area contributed by atoms with E-state index in [2.05, 4.69) is 29.6 Å². The molecule has 4 rings (SSSR count). The summed E-state index contributed by atoms with van der Waals surface area (Å²) in [5, 5.41) is 3.67. The van der Waals surface area contributed by atoms with Crippen molar-refractivity contribution in [1.29, 1.82) is 0 Å². The van der Waals surface area contributed by atoms with Crippen LogP contribution in [0.3, 0.4) is 0 Å². The van der Waals surface area contributed by atoms with Crippen LogP contribution in [0.15, 0.2) is 24.3 Å². The van der Waals surface area contributed by atoms with E-state index in [1.54, 1.807) is 0 Å². The highest BCUT2D eigenvalue weighted by atomic mass is 16.2. The Kier molecular flexibility index (Phi) is 3.46. The number of nitrogens with one attached hydrogen (secondary N) is 1. The molecule has 3 atom stereocenters. The van der Waals surface area contributed by atoms with Crippen molar-refractivity contribution < 1.29 is 4.79 Å². The molecule has 2 fully saturated rings. The predicted octanol–water partition coefficient (Wildman–Crippen LogP) is 2.84. The van der Waals surface area contributed by atoms with Crippen molar-refractivity contribution in [3.05, 3.63) is 35.4 Å². The van der Waals surface area contributed by atoms with Crippen LogP contribution in [0.4, 0.5) is 0 Å². The summed E-state index contributed by atoms with van der Waals surface area (Å²) in [5.41, 5.74) is 2.63. The lowest BCUT2D eigenvalue weighted by atomic mass is 9.77. The van der Waals surface area contributed by atoms with E-state index >= 15 is 0 Å². The van der Waals surface area contributed by atoms with Crippen LogP contribution >= 0.6 is 0 Å². The normalized spacial score (nSPS) is 31.6. The van der Waals surface area contributed by atoms with E-state index in [0.717, 1.165) is 25.4 Å². The molecule has 21 heavy (non-hydrogen) atoms. The van der Waals surface area contributed by atoms with Crippen LogP contribution in [0.2, 0.25) is 0 Å². The van der Waals surface area contributed by atoms with E-state index in [1.165, 1.54) is 43.2 Å². The predicted molar refractivity (Wildman–Crippen MR) is 82.6 cm³/mol. The van der Waals surface area contributed by atoms with E-state index in [-0.39, 0.29) is 6.04 Å². The van der Waals surface area contributed by atoms with Crippen molar-refractivity contribution in [2.45, 2.75) is 63.7 Å². The zero-order valence-electron chi connectivity index (χ0n) is 12.6. The first-order valence-electron chi connectivity index (χ1n) is 8.43. The molecule has 3 aliphatic rings. The molecule has 1 saturated heterocycles. The molecule has 1 aromatic rings. The van der Waals surface area contributed by atoms with Gasteiger partial charge in [-0.15, -0.1) is 0 Å². The molecule has 0 radical (unpaired) electrons. The molecule has 3 nitrogen and oxygen atoms in total. The van der Waals surface area contributed by atoms with Gasteiger partial charge in [0.25, 0.3) is 0 Å². The van der Waals surface area contributed by atoms with Crippen molar-refractivity contribution in [3.8, 4) is 0 Å². The Hall–Kier alpha value is -1.35. The van der Waals surface area contributed by atoms with Gasteiger partial charge in [0.2, 0.25) is 5.91 Å². The zero-order chi connectivity index (χ0) is 14.2. The van der Waals surface area contributed by atoms with Crippen molar-refractivity contribution in [2.24, 2.45) is 5.92 Å². The van der Waals surface area contributed by atoms with Gasteiger partial charge < -0.3 is 10.2 Å². The fraction of sp³-hybridized carbons (Fsp3) is 0.611. The molecule has 3 unspecified atom stereocenters. The highest BCUT2D eigenvalue weighted by Crippen LogP contribution is 2.33. The number of benzene rings is 1. The van der Waals surface area contributed by atoms with Crippen LogP contribution in [0.1, 0.15) is 49.7 Å². The molecule has 3 heteroatoms. The highest BCUT2D eigenvalue weighted by molar-refractivity contribution is 5.82. The lowest BCUT2D eigenvalue weighted by molar-refractivity contribution is -0.135.